The molecule has 0 spiro atoms. The lowest BCUT2D eigenvalue weighted by molar-refractivity contribution is 0.655. The topological polar surface area (TPSA) is 49.9 Å². The van der Waals surface area contributed by atoms with Gasteiger partial charge in [-0.05, 0) is 35.4 Å². The van der Waals surface area contributed by atoms with Crippen LogP contribution in [0.25, 0.3) is 53.2 Å². The van der Waals surface area contributed by atoms with E-state index in [-0.39, 0.29) is 6.17 Å². The summed E-state index contributed by atoms with van der Waals surface area (Å²) in [5.41, 5.74) is 7.15. The number of rotatable bonds is 4. The molecule has 4 nitrogen and oxygen atoms in total. The lowest BCUT2D eigenvalue weighted by atomic mass is 9.95. The van der Waals surface area contributed by atoms with Crippen molar-refractivity contribution < 1.29 is 4.42 Å². The first kappa shape index (κ1) is 25.0. The van der Waals surface area contributed by atoms with E-state index in [1.54, 1.807) is 0 Å². The second-order valence-electron chi connectivity index (χ2n) is 11.0. The number of nitrogens with zero attached hydrogens (tertiary/aromatic N) is 2. The van der Waals surface area contributed by atoms with Gasteiger partial charge in [-0.2, -0.15) is 0 Å². The standard InChI is InChI=1S/C39H25N3OS/c1-3-11-24(12-4-1)37-40-38(25-13-5-2-6-14-25)42-39(41-37)26-21-22-29-32(23-26)43-31-18-9-16-27(35(29)31)28-17-10-20-34-36(28)30-15-7-8-19-33(30)44-34/h1-23,39H,(H,40,41,42). The fourth-order valence-electron chi connectivity index (χ4n) is 6.32. The Labute approximate surface area is 257 Å². The average molecular weight is 584 g/mol. The van der Waals surface area contributed by atoms with Gasteiger partial charge in [0.15, 0.2) is 5.84 Å². The summed E-state index contributed by atoms with van der Waals surface area (Å²) < 4.78 is 9.14. The van der Waals surface area contributed by atoms with Crippen molar-refractivity contribution in [2.24, 2.45) is 9.98 Å². The summed E-state index contributed by atoms with van der Waals surface area (Å²) in [6.07, 6.45) is -0.319. The summed E-state index contributed by atoms with van der Waals surface area (Å²) in [7, 11) is 0. The van der Waals surface area contributed by atoms with E-state index >= 15 is 0 Å². The summed E-state index contributed by atoms with van der Waals surface area (Å²) in [6, 6.07) is 48.5. The van der Waals surface area contributed by atoms with E-state index in [1.807, 2.05) is 47.7 Å². The molecule has 1 aliphatic heterocycles. The van der Waals surface area contributed by atoms with Crippen molar-refractivity contribution in [2.75, 3.05) is 0 Å². The Morgan fingerprint density at radius 2 is 1.27 bits per heavy atom. The fraction of sp³-hybridized carbons (Fsp3) is 0.0256. The SMILES string of the molecule is c1ccc(C2=NC(c3ccc4c(c3)oc3cccc(-c5cccc6sc7ccccc7c56)c34)NC(c3ccccc3)=N2)cc1. The van der Waals surface area contributed by atoms with Crippen LogP contribution in [0.5, 0.6) is 0 Å². The summed E-state index contributed by atoms with van der Waals surface area (Å²) in [4.78, 5) is 9.97. The van der Waals surface area contributed by atoms with Gasteiger partial charge < -0.3 is 9.73 Å². The van der Waals surface area contributed by atoms with Gasteiger partial charge in [0.25, 0.3) is 0 Å². The number of hydrogen-bond acceptors (Lipinski definition) is 5. The third-order valence-electron chi connectivity index (χ3n) is 8.35. The minimum atomic E-state index is -0.319. The van der Waals surface area contributed by atoms with Crippen molar-refractivity contribution in [2.45, 2.75) is 6.17 Å². The number of amidine groups is 2. The predicted octanol–water partition coefficient (Wildman–Crippen LogP) is 10.1. The van der Waals surface area contributed by atoms with Crippen LogP contribution in [0.2, 0.25) is 0 Å². The van der Waals surface area contributed by atoms with Crippen molar-refractivity contribution in [1.29, 1.82) is 0 Å². The minimum absolute atomic E-state index is 0.319. The van der Waals surface area contributed by atoms with Crippen LogP contribution < -0.4 is 5.32 Å². The Bertz CT molecular complexity index is 2420. The van der Waals surface area contributed by atoms with Crippen molar-refractivity contribution >= 4 is 65.1 Å². The van der Waals surface area contributed by atoms with Gasteiger partial charge in [-0.25, -0.2) is 9.98 Å². The van der Waals surface area contributed by atoms with Gasteiger partial charge in [-0.3, -0.25) is 0 Å². The zero-order chi connectivity index (χ0) is 29.0. The summed E-state index contributed by atoms with van der Waals surface area (Å²) in [5, 5.41) is 8.40. The lowest BCUT2D eigenvalue weighted by Gasteiger charge is -2.23. The van der Waals surface area contributed by atoms with E-state index in [0.717, 1.165) is 44.5 Å². The molecule has 0 bridgehead atoms. The average Bonchev–Trinajstić information content (AvgIpc) is 3.67. The van der Waals surface area contributed by atoms with Gasteiger partial charge >= 0.3 is 0 Å². The van der Waals surface area contributed by atoms with Crippen LogP contribution in [-0.4, -0.2) is 11.7 Å². The monoisotopic (exact) mass is 583 g/mol. The van der Waals surface area contributed by atoms with E-state index in [1.165, 1.54) is 31.3 Å². The highest BCUT2D eigenvalue weighted by atomic mass is 32.1. The maximum Gasteiger partial charge on any atom is 0.159 e. The van der Waals surface area contributed by atoms with Crippen LogP contribution in [-0.2, 0) is 0 Å². The number of furan rings is 1. The van der Waals surface area contributed by atoms with Crippen LogP contribution >= 0.6 is 11.3 Å². The first-order valence-electron chi connectivity index (χ1n) is 14.7. The molecule has 1 N–H and O–H groups in total. The second kappa shape index (κ2) is 10.0. The fourth-order valence-corrected chi connectivity index (χ4v) is 7.45. The Kier molecular flexibility index (Phi) is 5.71. The molecule has 0 fully saturated rings. The number of fused-ring (bicyclic) bond motifs is 6. The van der Waals surface area contributed by atoms with Gasteiger partial charge in [0.1, 0.15) is 23.2 Å². The molecule has 9 rings (SSSR count). The highest BCUT2D eigenvalue weighted by Crippen LogP contribution is 2.44. The molecule has 208 valence electrons. The number of hydrogen-bond donors (Lipinski definition) is 1. The highest BCUT2D eigenvalue weighted by Gasteiger charge is 2.23. The third-order valence-corrected chi connectivity index (χ3v) is 9.49. The predicted molar refractivity (Wildman–Crippen MR) is 184 cm³/mol. The first-order valence-corrected chi connectivity index (χ1v) is 15.5. The molecule has 0 radical (unpaired) electrons. The van der Waals surface area contributed by atoms with E-state index in [4.69, 9.17) is 14.4 Å². The maximum atomic E-state index is 6.55. The van der Waals surface area contributed by atoms with Gasteiger partial charge in [0.05, 0.1) is 0 Å². The van der Waals surface area contributed by atoms with E-state index in [2.05, 4.69) is 108 Å². The Morgan fingerprint density at radius 1 is 0.568 bits per heavy atom. The largest absolute Gasteiger partial charge is 0.456 e. The number of thiophene rings is 1. The van der Waals surface area contributed by atoms with Crippen LogP contribution in [0.4, 0.5) is 0 Å². The lowest BCUT2D eigenvalue weighted by Crippen LogP contribution is -2.33. The van der Waals surface area contributed by atoms with Crippen LogP contribution in [0.3, 0.4) is 0 Å². The van der Waals surface area contributed by atoms with Gasteiger partial charge in [0, 0.05) is 47.6 Å². The van der Waals surface area contributed by atoms with Crippen molar-refractivity contribution in [1.82, 2.24) is 5.32 Å². The normalized spacial score (nSPS) is 15.0. The van der Waals surface area contributed by atoms with E-state index in [9.17, 15) is 0 Å². The molecular weight excluding hydrogens is 559 g/mol. The third kappa shape index (κ3) is 4.05. The minimum Gasteiger partial charge on any atom is -0.456 e. The molecule has 2 aromatic heterocycles. The Balaban J connectivity index is 1.19. The van der Waals surface area contributed by atoms with Crippen LogP contribution in [0.1, 0.15) is 22.9 Å². The number of benzene rings is 6. The molecule has 0 saturated heterocycles. The second-order valence-corrected chi connectivity index (χ2v) is 12.1. The molecular formula is C39H25N3OS. The zero-order valence-corrected chi connectivity index (χ0v) is 24.4. The summed E-state index contributed by atoms with van der Waals surface area (Å²) in [5.74, 6) is 1.50. The Hall–Kier alpha value is -5.52. The van der Waals surface area contributed by atoms with E-state index < -0.39 is 0 Å². The van der Waals surface area contributed by atoms with Crippen LogP contribution in [0, 0.1) is 0 Å². The molecule has 0 saturated carbocycles. The van der Waals surface area contributed by atoms with Crippen molar-refractivity contribution in [3.8, 4) is 11.1 Å². The quantitative estimate of drug-likeness (QED) is 0.224. The molecule has 3 heterocycles. The van der Waals surface area contributed by atoms with E-state index in [0.29, 0.717) is 5.84 Å². The number of aliphatic imine (C=N–C) groups is 2. The smallest absolute Gasteiger partial charge is 0.159 e. The maximum absolute atomic E-state index is 6.55. The molecule has 6 aromatic carbocycles. The van der Waals surface area contributed by atoms with Gasteiger partial charge in [-0.15, -0.1) is 11.3 Å². The van der Waals surface area contributed by atoms with Crippen molar-refractivity contribution in [3.63, 3.8) is 0 Å². The Morgan fingerprint density at radius 3 is 2.11 bits per heavy atom. The number of nitrogens with one attached hydrogen (secondary N) is 1. The molecule has 1 unspecified atom stereocenters. The van der Waals surface area contributed by atoms with Gasteiger partial charge in [0.2, 0.25) is 0 Å². The van der Waals surface area contributed by atoms with Crippen LogP contribution in [0.15, 0.2) is 154 Å². The highest BCUT2D eigenvalue weighted by molar-refractivity contribution is 7.25. The summed E-state index contributed by atoms with van der Waals surface area (Å²) >= 11 is 1.84. The molecule has 0 amide bonds. The zero-order valence-electron chi connectivity index (χ0n) is 23.6. The molecule has 0 aliphatic carbocycles. The summed E-state index contributed by atoms with van der Waals surface area (Å²) in [6.45, 7) is 0. The molecule has 44 heavy (non-hydrogen) atoms. The molecule has 1 aliphatic rings. The van der Waals surface area contributed by atoms with Gasteiger partial charge in [-0.1, -0.05) is 115 Å². The first-order chi connectivity index (χ1) is 21.8. The molecule has 8 aromatic rings. The molecule has 1 atom stereocenters. The van der Waals surface area contributed by atoms with Crippen molar-refractivity contribution in [3.05, 3.63) is 156 Å². The molecule has 5 heteroatoms.